The van der Waals surface area contributed by atoms with E-state index in [4.69, 9.17) is 10.8 Å². The van der Waals surface area contributed by atoms with E-state index in [9.17, 15) is 0 Å². The zero-order valence-electron chi connectivity index (χ0n) is 8.64. The second-order valence-electron chi connectivity index (χ2n) is 3.69. The molecule has 0 bridgehead atoms. The SMILES string of the molecule is CSc1c(N)nsc1N1CCC(CO)C1. The highest BCUT2D eigenvalue weighted by molar-refractivity contribution is 7.99. The fourth-order valence-corrected chi connectivity index (χ4v) is 3.57. The minimum absolute atomic E-state index is 0.277. The van der Waals surface area contributed by atoms with Crippen molar-refractivity contribution in [3.05, 3.63) is 0 Å². The Morgan fingerprint density at radius 2 is 2.53 bits per heavy atom. The van der Waals surface area contributed by atoms with E-state index in [0.717, 1.165) is 29.4 Å². The maximum absolute atomic E-state index is 9.09. The number of hydrogen-bond donors (Lipinski definition) is 2. The third-order valence-corrected chi connectivity index (χ3v) is 4.56. The van der Waals surface area contributed by atoms with E-state index in [0.29, 0.717) is 11.7 Å². The van der Waals surface area contributed by atoms with Crippen LogP contribution in [0.15, 0.2) is 4.90 Å². The summed E-state index contributed by atoms with van der Waals surface area (Å²) in [6, 6.07) is 0. The summed E-state index contributed by atoms with van der Waals surface area (Å²) in [5.74, 6) is 1.04. The molecule has 4 nitrogen and oxygen atoms in total. The molecule has 0 radical (unpaired) electrons. The monoisotopic (exact) mass is 245 g/mol. The number of aromatic nitrogens is 1. The Labute approximate surface area is 97.6 Å². The lowest BCUT2D eigenvalue weighted by molar-refractivity contribution is 0.238. The Hall–Kier alpha value is -0.460. The van der Waals surface area contributed by atoms with E-state index in [1.807, 2.05) is 6.26 Å². The van der Waals surface area contributed by atoms with Gasteiger partial charge in [0.1, 0.15) is 5.00 Å². The van der Waals surface area contributed by atoms with Crippen LogP contribution in [0.5, 0.6) is 0 Å². The van der Waals surface area contributed by atoms with Crippen molar-refractivity contribution in [2.75, 3.05) is 36.6 Å². The molecule has 2 heterocycles. The van der Waals surface area contributed by atoms with E-state index >= 15 is 0 Å². The lowest BCUT2D eigenvalue weighted by Crippen LogP contribution is -2.20. The molecule has 6 heteroatoms. The molecule has 0 saturated carbocycles. The number of anilines is 2. The van der Waals surface area contributed by atoms with Crippen molar-refractivity contribution in [3.8, 4) is 0 Å². The van der Waals surface area contributed by atoms with E-state index in [1.165, 1.54) is 11.5 Å². The van der Waals surface area contributed by atoms with Gasteiger partial charge in [-0.15, -0.1) is 11.8 Å². The van der Waals surface area contributed by atoms with Crippen LogP contribution < -0.4 is 10.6 Å². The van der Waals surface area contributed by atoms with Crippen LogP contribution in [-0.2, 0) is 0 Å². The van der Waals surface area contributed by atoms with Gasteiger partial charge in [-0.3, -0.25) is 0 Å². The van der Waals surface area contributed by atoms with Crippen LogP contribution in [0.3, 0.4) is 0 Å². The van der Waals surface area contributed by atoms with Gasteiger partial charge in [-0.05, 0) is 24.2 Å². The molecule has 84 valence electrons. The molecule has 3 N–H and O–H groups in total. The minimum Gasteiger partial charge on any atom is -0.396 e. The first-order valence-corrected chi connectivity index (χ1v) is 6.91. The second kappa shape index (κ2) is 4.59. The third-order valence-electron chi connectivity index (χ3n) is 2.69. The van der Waals surface area contributed by atoms with E-state index in [2.05, 4.69) is 9.27 Å². The fourth-order valence-electron chi connectivity index (χ4n) is 1.84. The van der Waals surface area contributed by atoms with Gasteiger partial charge in [0.05, 0.1) is 4.90 Å². The number of nitrogens with two attached hydrogens (primary N) is 1. The van der Waals surface area contributed by atoms with Gasteiger partial charge in [-0.2, -0.15) is 4.37 Å². The molecule has 1 aliphatic heterocycles. The molecule has 1 unspecified atom stereocenters. The summed E-state index contributed by atoms with van der Waals surface area (Å²) < 4.78 is 4.18. The van der Waals surface area contributed by atoms with Crippen molar-refractivity contribution in [3.63, 3.8) is 0 Å². The molecule has 0 aliphatic carbocycles. The van der Waals surface area contributed by atoms with Crippen LogP contribution in [0.4, 0.5) is 10.8 Å². The van der Waals surface area contributed by atoms with Crippen molar-refractivity contribution in [2.45, 2.75) is 11.3 Å². The summed E-state index contributed by atoms with van der Waals surface area (Å²) in [7, 11) is 0. The Morgan fingerprint density at radius 1 is 1.73 bits per heavy atom. The van der Waals surface area contributed by atoms with Gasteiger partial charge >= 0.3 is 0 Å². The highest BCUT2D eigenvalue weighted by Gasteiger charge is 2.25. The Balaban J connectivity index is 2.16. The quantitative estimate of drug-likeness (QED) is 0.785. The summed E-state index contributed by atoms with van der Waals surface area (Å²) in [6.45, 7) is 2.20. The molecule has 1 fully saturated rings. The maximum atomic E-state index is 9.09. The van der Waals surface area contributed by atoms with Gasteiger partial charge in [0.25, 0.3) is 0 Å². The lowest BCUT2D eigenvalue weighted by Gasteiger charge is -2.16. The molecule has 2 rings (SSSR count). The summed E-state index contributed by atoms with van der Waals surface area (Å²) in [6.07, 6.45) is 3.07. The highest BCUT2D eigenvalue weighted by atomic mass is 32.2. The molecule has 1 aliphatic rings. The number of rotatable bonds is 3. The van der Waals surface area contributed by atoms with E-state index < -0.39 is 0 Å². The molecule has 0 aromatic carbocycles. The zero-order valence-corrected chi connectivity index (χ0v) is 10.3. The van der Waals surface area contributed by atoms with E-state index in [1.54, 1.807) is 11.8 Å². The molecule has 0 spiro atoms. The fraction of sp³-hybridized carbons (Fsp3) is 0.667. The summed E-state index contributed by atoms with van der Waals surface area (Å²) in [5.41, 5.74) is 5.79. The lowest BCUT2D eigenvalue weighted by atomic mass is 10.1. The highest BCUT2D eigenvalue weighted by Crippen LogP contribution is 2.39. The maximum Gasteiger partial charge on any atom is 0.153 e. The summed E-state index contributed by atoms with van der Waals surface area (Å²) in [4.78, 5) is 3.36. The molecule has 1 saturated heterocycles. The van der Waals surface area contributed by atoms with Crippen molar-refractivity contribution >= 4 is 34.1 Å². The number of aliphatic hydroxyl groups is 1. The first kappa shape index (κ1) is 11.0. The number of aliphatic hydroxyl groups excluding tert-OH is 1. The van der Waals surface area contributed by atoms with Crippen LogP contribution >= 0.6 is 23.3 Å². The van der Waals surface area contributed by atoms with Crippen LogP contribution in [-0.4, -0.2) is 35.4 Å². The Bertz CT molecular complexity index is 342. The van der Waals surface area contributed by atoms with Crippen molar-refractivity contribution < 1.29 is 5.11 Å². The molecule has 15 heavy (non-hydrogen) atoms. The van der Waals surface area contributed by atoms with Crippen LogP contribution in [0, 0.1) is 5.92 Å². The van der Waals surface area contributed by atoms with Gasteiger partial charge in [-0.1, -0.05) is 0 Å². The Kier molecular flexibility index (Phi) is 3.38. The average molecular weight is 245 g/mol. The predicted molar refractivity (Wildman–Crippen MR) is 65.7 cm³/mol. The average Bonchev–Trinajstić information content (AvgIpc) is 2.83. The first-order chi connectivity index (χ1) is 7.26. The number of nitrogens with zero attached hydrogens (tertiary/aromatic N) is 2. The van der Waals surface area contributed by atoms with Gasteiger partial charge in [0.15, 0.2) is 5.82 Å². The van der Waals surface area contributed by atoms with Crippen molar-refractivity contribution in [1.82, 2.24) is 4.37 Å². The number of thioether (sulfide) groups is 1. The number of hydrogen-bond acceptors (Lipinski definition) is 6. The van der Waals surface area contributed by atoms with Crippen LogP contribution in [0.2, 0.25) is 0 Å². The van der Waals surface area contributed by atoms with Gasteiger partial charge in [0.2, 0.25) is 0 Å². The van der Waals surface area contributed by atoms with Crippen molar-refractivity contribution in [1.29, 1.82) is 0 Å². The van der Waals surface area contributed by atoms with Gasteiger partial charge < -0.3 is 15.7 Å². The molecular weight excluding hydrogens is 230 g/mol. The summed E-state index contributed by atoms with van der Waals surface area (Å²) in [5, 5.41) is 10.3. The van der Waals surface area contributed by atoms with E-state index in [-0.39, 0.29) is 6.61 Å². The summed E-state index contributed by atoms with van der Waals surface area (Å²) >= 11 is 3.10. The van der Waals surface area contributed by atoms with Crippen molar-refractivity contribution in [2.24, 2.45) is 5.92 Å². The minimum atomic E-state index is 0.277. The third kappa shape index (κ3) is 2.07. The van der Waals surface area contributed by atoms with Crippen LogP contribution in [0.25, 0.3) is 0 Å². The zero-order chi connectivity index (χ0) is 10.8. The number of nitrogen functional groups attached to an aromatic ring is 1. The van der Waals surface area contributed by atoms with Gasteiger partial charge in [-0.25, -0.2) is 0 Å². The second-order valence-corrected chi connectivity index (χ2v) is 5.26. The van der Waals surface area contributed by atoms with Gasteiger partial charge in [0, 0.05) is 25.6 Å². The first-order valence-electron chi connectivity index (χ1n) is 4.91. The van der Waals surface area contributed by atoms with Crippen LogP contribution in [0.1, 0.15) is 6.42 Å². The molecule has 1 atom stereocenters. The molecule has 0 amide bonds. The largest absolute Gasteiger partial charge is 0.396 e. The standard InChI is InChI=1S/C9H15N3OS2/c1-14-7-8(10)11-15-9(7)12-3-2-6(4-12)5-13/h6,13H,2-5H2,1H3,(H2,10,11). The smallest absolute Gasteiger partial charge is 0.153 e. The normalized spacial score (nSPS) is 21.2. The topological polar surface area (TPSA) is 62.4 Å². The predicted octanol–water partition coefficient (Wildman–Crippen LogP) is 1.27. The molecule has 1 aromatic rings. The molecular formula is C9H15N3OS2. The molecule has 1 aromatic heterocycles. The Morgan fingerprint density at radius 3 is 3.13 bits per heavy atom.